The van der Waals surface area contributed by atoms with Crippen molar-refractivity contribution in [2.24, 2.45) is 0 Å². The highest BCUT2D eigenvalue weighted by Gasteiger charge is 2.17. The fourth-order valence-corrected chi connectivity index (χ4v) is 2.94. The molecule has 0 fully saturated rings. The molecule has 0 aromatic heterocycles. The van der Waals surface area contributed by atoms with Crippen LogP contribution in [0.1, 0.15) is 6.92 Å². The molecule has 0 aliphatic rings. The largest absolute Gasteiger partial charge is 0.324 e. The van der Waals surface area contributed by atoms with Crippen molar-refractivity contribution in [1.29, 1.82) is 0 Å². The van der Waals surface area contributed by atoms with Crippen LogP contribution in [-0.4, -0.2) is 16.1 Å². The van der Waals surface area contributed by atoms with Crippen LogP contribution in [0.4, 0.5) is 11.4 Å². The molecule has 1 unspecified atom stereocenters. The minimum atomic E-state index is -0.545. The molecule has 0 saturated heterocycles. The van der Waals surface area contributed by atoms with Gasteiger partial charge in [-0.1, -0.05) is 23.2 Å². The zero-order chi connectivity index (χ0) is 17.0. The Hall–Kier alpha value is -1.76. The van der Waals surface area contributed by atoms with Crippen molar-refractivity contribution in [3.8, 4) is 0 Å². The van der Waals surface area contributed by atoms with Gasteiger partial charge in [0, 0.05) is 22.1 Å². The molecule has 23 heavy (non-hydrogen) atoms. The number of benzene rings is 2. The molecule has 1 amide bonds. The Kier molecular flexibility index (Phi) is 5.87. The molecule has 0 spiro atoms. The third-order valence-electron chi connectivity index (χ3n) is 2.92. The predicted molar refractivity (Wildman–Crippen MR) is 93.5 cm³/mol. The second-order valence-corrected chi connectivity index (χ2v) is 6.88. The van der Waals surface area contributed by atoms with Gasteiger partial charge >= 0.3 is 0 Å². The van der Waals surface area contributed by atoms with Gasteiger partial charge in [0.05, 0.1) is 20.9 Å². The van der Waals surface area contributed by atoms with E-state index in [4.69, 9.17) is 23.2 Å². The van der Waals surface area contributed by atoms with Crippen LogP contribution in [0.5, 0.6) is 0 Å². The molecule has 0 heterocycles. The topological polar surface area (TPSA) is 72.2 Å². The Morgan fingerprint density at radius 3 is 2.43 bits per heavy atom. The van der Waals surface area contributed by atoms with Gasteiger partial charge in [0.2, 0.25) is 5.91 Å². The zero-order valence-corrected chi connectivity index (χ0v) is 14.3. The van der Waals surface area contributed by atoms with Crippen LogP contribution in [0.2, 0.25) is 10.0 Å². The number of nitrogens with zero attached hydrogens (tertiary/aromatic N) is 1. The molecule has 0 radical (unpaired) electrons. The number of nitrogens with one attached hydrogen (secondary N) is 1. The number of rotatable bonds is 5. The maximum atomic E-state index is 12.2. The van der Waals surface area contributed by atoms with Crippen molar-refractivity contribution >= 4 is 52.2 Å². The van der Waals surface area contributed by atoms with E-state index < -0.39 is 4.92 Å². The average Bonchev–Trinajstić information content (AvgIpc) is 2.51. The van der Waals surface area contributed by atoms with E-state index in [1.165, 1.54) is 30.0 Å². The predicted octanol–water partition coefficient (Wildman–Crippen LogP) is 5.02. The van der Waals surface area contributed by atoms with Crippen LogP contribution in [0.25, 0.3) is 0 Å². The molecule has 0 bridgehead atoms. The summed E-state index contributed by atoms with van der Waals surface area (Å²) in [7, 11) is 0. The average molecular weight is 371 g/mol. The molecular weight excluding hydrogens is 359 g/mol. The summed E-state index contributed by atoms with van der Waals surface area (Å²) >= 11 is 13.2. The number of amides is 1. The lowest BCUT2D eigenvalue weighted by Crippen LogP contribution is -2.22. The Labute approximate surface area is 147 Å². The van der Waals surface area contributed by atoms with Gasteiger partial charge in [0.1, 0.15) is 0 Å². The van der Waals surface area contributed by atoms with E-state index in [2.05, 4.69) is 5.32 Å². The first kappa shape index (κ1) is 17.6. The maximum Gasteiger partial charge on any atom is 0.271 e. The van der Waals surface area contributed by atoms with E-state index in [1.54, 1.807) is 19.1 Å². The SMILES string of the molecule is CC(Sc1ccc(Cl)cc1)C(=O)Nc1ccc([N+](=O)[O-])cc1Cl. The first-order chi connectivity index (χ1) is 10.9. The quantitative estimate of drug-likeness (QED) is 0.455. The molecule has 120 valence electrons. The summed E-state index contributed by atoms with van der Waals surface area (Å²) in [5.74, 6) is -0.249. The number of nitro groups is 1. The molecule has 5 nitrogen and oxygen atoms in total. The smallest absolute Gasteiger partial charge is 0.271 e. The van der Waals surface area contributed by atoms with Crippen molar-refractivity contribution in [3.05, 3.63) is 62.6 Å². The van der Waals surface area contributed by atoms with Gasteiger partial charge in [-0.15, -0.1) is 11.8 Å². The lowest BCUT2D eigenvalue weighted by molar-refractivity contribution is -0.384. The van der Waals surface area contributed by atoms with E-state index in [1.807, 2.05) is 12.1 Å². The first-order valence-corrected chi connectivity index (χ1v) is 8.17. The second-order valence-electron chi connectivity index (χ2n) is 4.62. The highest BCUT2D eigenvalue weighted by atomic mass is 35.5. The molecule has 0 saturated carbocycles. The summed E-state index contributed by atoms with van der Waals surface area (Å²) in [6.45, 7) is 1.76. The summed E-state index contributed by atoms with van der Waals surface area (Å²) in [6.07, 6.45) is 0. The van der Waals surface area contributed by atoms with Crippen LogP contribution < -0.4 is 5.32 Å². The molecule has 8 heteroatoms. The standard InChI is InChI=1S/C15H12Cl2N2O3S/c1-9(23-12-5-2-10(16)3-6-12)15(20)18-14-7-4-11(19(21)22)8-13(14)17/h2-9H,1H3,(H,18,20). The number of nitro benzene ring substituents is 1. The van der Waals surface area contributed by atoms with Crippen molar-refractivity contribution in [2.45, 2.75) is 17.1 Å². The highest BCUT2D eigenvalue weighted by Crippen LogP contribution is 2.29. The first-order valence-electron chi connectivity index (χ1n) is 6.54. The minimum Gasteiger partial charge on any atom is -0.324 e. The molecule has 0 aliphatic heterocycles. The number of carbonyl (C=O) groups excluding carboxylic acids is 1. The number of hydrogen-bond donors (Lipinski definition) is 1. The zero-order valence-electron chi connectivity index (χ0n) is 12.0. The molecular formula is C15H12Cl2N2O3S. The van der Waals surface area contributed by atoms with E-state index in [0.29, 0.717) is 10.7 Å². The third-order valence-corrected chi connectivity index (χ3v) is 4.59. The fourth-order valence-electron chi connectivity index (χ4n) is 1.72. The van der Waals surface area contributed by atoms with E-state index in [-0.39, 0.29) is 21.9 Å². The lowest BCUT2D eigenvalue weighted by Gasteiger charge is -2.13. The number of carbonyl (C=O) groups is 1. The van der Waals surface area contributed by atoms with Gasteiger partial charge in [0.15, 0.2) is 0 Å². The summed E-state index contributed by atoms with van der Waals surface area (Å²) < 4.78 is 0. The fraction of sp³-hybridized carbons (Fsp3) is 0.133. The Morgan fingerprint density at radius 1 is 1.22 bits per heavy atom. The van der Waals surface area contributed by atoms with Crippen LogP contribution in [0.3, 0.4) is 0 Å². The van der Waals surface area contributed by atoms with E-state index in [9.17, 15) is 14.9 Å². The van der Waals surface area contributed by atoms with E-state index in [0.717, 1.165) is 4.90 Å². The Bertz CT molecular complexity index is 738. The molecule has 1 N–H and O–H groups in total. The lowest BCUT2D eigenvalue weighted by atomic mass is 10.2. The minimum absolute atomic E-state index is 0.122. The number of thioether (sulfide) groups is 1. The number of halogens is 2. The Balaban J connectivity index is 2.03. The van der Waals surface area contributed by atoms with Crippen LogP contribution in [-0.2, 0) is 4.79 Å². The van der Waals surface area contributed by atoms with E-state index >= 15 is 0 Å². The number of hydrogen-bond acceptors (Lipinski definition) is 4. The molecule has 2 aromatic carbocycles. The highest BCUT2D eigenvalue weighted by molar-refractivity contribution is 8.00. The summed E-state index contributed by atoms with van der Waals surface area (Å²) in [6, 6.07) is 11.1. The Morgan fingerprint density at radius 2 is 1.87 bits per heavy atom. The van der Waals surface area contributed by atoms with Crippen LogP contribution >= 0.6 is 35.0 Å². The van der Waals surface area contributed by atoms with Crippen molar-refractivity contribution in [2.75, 3.05) is 5.32 Å². The van der Waals surface area contributed by atoms with Crippen LogP contribution in [0.15, 0.2) is 47.4 Å². The van der Waals surface area contributed by atoms with Gasteiger partial charge in [-0.05, 0) is 37.3 Å². The molecule has 2 aromatic rings. The van der Waals surface area contributed by atoms with Crippen molar-refractivity contribution in [3.63, 3.8) is 0 Å². The molecule has 2 rings (SSSR count). The second kappa shape index (κ2) is 7.68. The monoisotopic (exact) mass is 370 g/mol. The molecule has 1 atom stereocenters. The van der Waals surface area contributed by atoms with Gasteiger partial charge in [-0.3, -0.25) is 14.9 Å². The molecule has 0 aliphatic carbocycles. The van der Waals surface area contributed by atoms with Crippen molar-refractivity contribution < 1.29 is 9.72 Å². The maximum absolute atomic E-state index is 12.2. The summed E-state index contributed by atoms with van der Waals surface area (Å²) in [5.41, 5.74) is 0.211. The summed E-state index contributed by atoms with van der Waals surface area (Å²) in [5, 5.41) is 13.7. The third kappa shape index (κ3) is 4.86. The van der Waals surface area contributed by atoms with Gasteiger partial charge < -0.3 is 5.32 Å². The summed E-state index contributed by atoms with van der Waals surface area (Å²) in [4.78, 5) is 23.2. The number of anilines is 1. The van der Waals surface area contributed by atoms with Crippen LogP contribution in [0, 0.1) is 10.1 Å². The normalized spacial score (nSPS) is 11.8. The van der Waals surface area contributed by atoms with Gasteiger partial charge in [-0.2, -0.15) is 0 Å². The number of non-ortho nitro benzene ring substituents is 1. The van der Waals surface area contributed by atoms with Gasteiger partial charge in [-0.25, -0.2) is 0 Å². The van der Waals surface area contributed by atoms with Crippen molar-refractivity contribution in [1.82, 2.24) is 0 Å². The van der Waals surface area contributed by atoms with Gasteiger partial charge in [0.25, 0.3) is 5.69 Å².